The van der Waals surface area contributed by atoms with E-state index in [-0.39, 0.29) is 22.9 Å². The van der Waals surface area contributed by atoms with Crippen LogP contribution in [0, 0.1) is 34.5 Å². The van der Waals surface area contributed by atoms with Crippen molar-refractivity contribution >= 4 is 6.29 Å². The SMILES string of the molecule is C[C@]12CC[C@H](O)CC1CC[C@@H]1[C@@H]2CC[C@]2(C)[C@@H](C=O)CC[C@]12O. The number of aldehydes is 1. The van der Waals surface area contributed by atoms with Gasteiger partial charge in [-0.15, -0.1) is 0 Å². The minimum Gasteiger partial charge on any atom is -0.393 e. The van der Waals surface area contributed by atoms with Crippen LogP contribution >= 0.6 is 0 Å². The van der Waals surface area contributed by atoms with Gasteiger partial charge in [0, 0.05) is 11.3 Å². The first-order chi connectivity index (χ1) is 10.8. The molecule has 3 nitrogen and oxygen atoms in total. The topological polar surface area (TPSA) is 57.5 Å². The van der Waals surface area contributed by atoms with E-state index in [2.05, 4.69) is 13.8 Å². The minimum atomic E-state index is -0.647. The third-order valence-electron chi connectivity index (χ3n) is 9.06. The summed E-state index contributed by atoms with van der Waals surface area (Å²) in [5, 5.41) is 21.8. The number of carbonyl (C=O) groups excluding carboxylic acids is 1. The summed E-state index contributed by atoms with van der Waals surface area (Å²) in [6.45, 7) is 4.60. The summed E-state index contributed by atoms with van der Waals surface area (Å²) in [6, 6.07) is 0. The highest BCUT2D eigenvalue weighted by atomic mass is 16.3. The van der Waals surface area contributed by atoms with Gasteiger partial charge < -0.3 is 15.0 Å². The van der Waals surface area contributed by atoms with Crippen molar-refractivity contribution in [3.8, 4) is 0 Å². The number of aliphatic hydroxyl groups excluding tert-OH is 1. The summed E-state index contributed by atoms with van der Waals surface area (Å²) < 4.78 is 0. The van der Waals surface area contributed by atoms with Crippen LogP contribution in [0.1, 0.15) is 71.6 Å². The van der Waals surface area contributed by atoms with E-state index in [4.69, 9.17) is 0 Å². The van der Waals surface area contributed by atoms with Crippen molar-refractivity contribution in [2.45, 2.75) is 83.3 Å². The molecule has 23 heavy (non-hydrogen) atoms. The maximum absolute atomic E-state index is 11.7. The van der Waals surface area contributed by atoms with Crippen molar-refractivity contribution in [2.75, 3.05) is 0 Å². The van der Waals surface area contributed by atoms with Crippen LogP contribution in [0.3, 0.4) is 0 Å². The number of hydrogen-bond acceptors (Lipinski definition) is 3. The predicted octanol–water partition coefficient (Wildman–Crippen LogP) is 3.32. The standard InChI is InChI=1S/C20H32O3/c1-18-8-6-15(22)11-13(18)3-4-17-16(18)7-9-19(2)14(12-21)5-10-20(17,19)23/h12-17,22-23H,3-11H2,1-2H3/t13?,14-,15+,16+,17-,18+,19-,20+/m1/s1. The second-order valence-electron chi connectivity index (χ2n) is 9.58. The highest BCUT2D eigenvalue weighted by Crippen LogP contribution is 2.68. The average molecular weight is 320 g/mol. The summed E-state index contributed by atoms with van der Waals surface area (Å²) in [5.74, 6) is 1.57. The lowest BCUT2D eigenvalue weighted by Crippen LogP contribution is -2.62. The van der Waals surface area contributed by atoms with E-state index in [1.54, 1.807) is 0 Å². The first kappa shape index (κ1) is 16.1. The Morgan fingerprint density at radius 2 is 1.74 bits per heavy atom. The van der Waals surface area contributed by atoms with Gasteiger partial charge in [0.05, 0.1) is 11.7 Å². The summed E-state index contributed by atoms with van der Waals surface area (Å²) in [5.41, 5.74) is -0.586. The van der Waals surface area contributed by atoms with Crippen LogP contribution in [0.2, 0.25) is 0 Å². The second kappa shape index (κ2) is 5.05. The molecular weight excluding hydrogens is 288 g/mol. The van der Waals surface area contributed by atoms with Crippen molar-refractivity contribution in [1.29, 1.82) is 0 Å². The molecule has 0 aliphatic heterocycles. The van der Waals surface area contributed by atoms with Crippen molar-refractivity contribution in [3.05, 3.63) is 0 Å². The monoisotopic (exact) mass is 320 g/mol. The van der Waals surface area contributed by atoms with E-state index in [0.717, 1.165) is 64.1 Å². The van der Waals surface area contributed by atoms with Gasteiger partial charge in [0.25, 0.3) is 0 Å². The Morgan fingerprint density at radius 1 is 0.957 bits per heavy atom. The molecule has 8 atom stereocenters. The van der Waals surface area contributed by atoms with E-state index >= 15 is 0 Å². The van der Waals surface area contributed by atoms with Gasteiger partial charge in [-0.1, -0.05) is 13.8 Å². The molecule has 4 fully saturated rings. The fourth-order valence-electron chi connectivity index (χ4n) is 7.46. The zero-order chi connectivity index (χ0) is 16.5. The molecule has 0 aromatic rings. The van der Waals surface area contributed by atoms with E-state index < -0.39 is 5.60 Å². The van der Waals surface area contributed by atoms with Crippen molar-refractivity contribution < 1.29 is 15.0 Å². The molecule has 0 heterocycles. The Kier molecular flexibility index (Phi) is 3.53. The van der Waals surface area contributed by atoms with Crippen LogP contribution in [0.15, 0.2) is 0 Å². The zero-order valence-electron chi connectivity index (χ0n) is 14.6. The molecular formula is C20H32O3. The molecule has 0 amide bonds. The zero-order valence-corrected chi connectivity index (χ0v) is 14.6. The first-order valence-corrected chi connectivity index (χ1v) is 9.71. The molecule has 130 valence electrons. The largest absolute Gasteiger partial charge is 0.393 e. The molecule has 4 aliphatic carbocycles. The third kappa shape index (κ3) is 1.93. The number of fused-ring (bicyclic) bond motifs is 5. The van der Waals surface area contributed by atoms with Gasteiger partial charge >= 0.3 is 0 Å². The maximum atomic E-state index is 11.7. The normalized spacial score (nSPS) is 58.9. The molecule has 2 N–H and O–H groups in total. The third-order valence-corrected chi connectivity index (χ3v) is 9.06. The lowest BCUT2D eigenvalue weighted by molar-refractivity contribution is -0.208. The average Bonchev–Trinajstić information content (AvgIpc) is 2.79. The number of aliphatic hydroxyl groups is 2. The van der Waals surface area contributed by atoms with Gasteiger partial charge in [-0.05, 0) is 81.0 Å². The smallest absolute Gasteiger partial charge is 0.123 e. The molecule has 3 heteroatoms. The van der Waals surface area contributed by atoms with Crippen molar-refractivity contribution in [3.63, 3.8) is 0 Å². The number of rotatable bonds is 1. The fraction of sp³-hybridized carbons (Fsp3) is 0.950. The van der Waals surface area contributed by atoms with E-state index in [1.807, 2.05) is 0 Å². The Hall–Kier alpha value is -0.410. The molecule has 0 aromatic carbocycles. The van der Waals surface area contributed by atoms with E-state index in [1.165, 1.54) is 0 Å². The Labute approximate surface area is 139 Å². The van der Waals surface area contributed by atoms with Crippen LogP contribution in [0.4, 0.5) is 0 Å². The quantitative estimate of drug-likeness (QED) is 0.729. The van der Waals surface area contributed by atoms with Gasteiger partial charge in [0.15, 0.2) is 0 Å². The summed E-state index contributed by atoms with van der Waals surface area (Å²) in [7, 11) is 0. The first-order valence-electron chi connectivity index (χ1n) is 9.71. The summed E-state index contributed by atoms with van der Waals surface area (Å²) >= 11 is 0. The van der Waals surface area contributed by atoms with Gasteiger partial charge in [-0.25, -0.2) is 0 Å². The Balaban J connectivity index is 1.68. The molecule has 0 bridgehead atoms. The maximum Gasteiger partial charge on any atom is 0.123 e. The van der Waals surface area contributed by atoms with E-state index in [0.29, 0.717) is 17.8 Å². The molecule has 1 unspecified atom stereocenters. The molecule has 0 radical (unpaired) electrons. The van der Waals surface area contributed by atoms with Crippen molar-refractivity contribution in [1.82, 2.24) is 0 Å². The van der Waals surface area contributed by atoms with Crippen LogP contribution in [-0.2, 0) is 4.79 Å². The molecule has 0 aromatic heterocycles. The van der Waals surface area contributed by atoms with Crippen LogP contribution < -0.4 is 0 Å². The molecule has 4 rings (SSSR count). The van der Waals surface area contributed by atoms with Crippen LogP contribution in [0.5, 0.6) is 0 Å². The van der Waals surface area contributed by atoms with Gasteiger partial charge in [0.2, 0.25) is 0 Å². The lowest BCUT2D eigenvalue weighted by Gasteiger charge is -2.63. The van der Waals surface area contributed by atoms with Crippen LogP contribution in [-0.4, -0.2) is 28.2 Å². The van der Waals surface area contributed by atoms with Crippen LogP contribution in [0.25, 0.3) is 0 Å². The van der Waals surface area contributed by atoms with E-state index in [9.17, 15) is 15.0 Å². The van der Waals surface area contributed by atoms with Gasteiger partial charge in [0.1, 0.15) is 6.29 Å². The van der Waals surface area contributed by atoms with Gasteiger partial charge in [-0.2, -0.15) is 0 Å². The highest BCUT2D eigenvalue weighted by molar-refractivity contribution is 5.57. The fourth-order valence-corrected chi connectivity index (χ4v) is 7.46. The molecule has 0 saturated heterocycles. The summed E-state index contributed by atoms with van der Waals surface area (Å²) in [6.07, 6.45) is 9.98. The minimum absolute atomic E-state index is 0.0344. The molecule has 4 saturated carbocycles. The number of hydrogen-bond donors (Lipinski definition) is 2. The summed E-state index contributed by atoms with van der Waals surface area (Å²) in [4.78, 5) is 11.6. The van der Waals surface area contributed by atoms with Crippen molar-refractivity contribution in [2.24, 2.45) is 34.5 Å². The second-order valence-corrected chi connectivity index (χ2v) is 9.58. The predicted molar refractivity (Wildman–Crippen MR) is 88.7 cm³/mol. The Bertz CT molecular complexity index is 505. The highest BCUT2D eigenvalue weighted by Gasteiger charge is 2.67. The molecule has 0 spiro atoms. The Morgan fingerprint density at radius 3 is 2.48 bits per heavy atom. The molecule has 4 aliphatic rings. The number of carbonyl (C=O) groups is 1. The lowest BCUT2D eigenvalue weighted by atomic mass is 9.43. The van der Waals surface area contributed by atoms with Gasteiger partial charge in [-0.3, -0.25) is 0 Å².